The maximum absolute atomic E-state index is 11.9. The van der Waals surface area contributed by atoms with Gasteiger partial charge < -0.3 is 15.1 Å². The topological polar surface area (TPSA) is 83.3 Å². The molecule has 1 aliphatic rings. The Hall–Kier alpha value is -2.25. The second kappa shape index (κ2) is 7.85. The van der Waals surface area contributed by atoms with Gasteiger partial charge in [-0.25, -0.2) is 4.98 Å². The van der Waals surface area contributed by atoms with Crippen LogP contribution >= 0.6 is 0 Å². The van der Waals surface area contributed by atoms with Gasteiger partial charge in [0.05, 0.1) is 25.0 Å². The van der Waals surface area contributed by atoms with Gasteiger partial charge in [0.25, 0.3) is 0 Å². The Morgan fingerprint density at radius 3 is 2.91 bits per heavy atom. The third kappa shape index (κ3) is 4.37. The zero-order valence-electron chi connectivity index (χ0n) is 12.9. The smallest absolute Gasteiger partial charge is 0.239 e. The second-order valence-electron chi connectivity index (χ2n) is 5.54. The van der Waals surface area contributed by atoms with E-state index in [0.717, 1.165) is 18.8 Å². The second-order valence-corrected chi connectivity index (χ2v) is 5.54. The highest BCUT2D eigenvalue weighted by Crippen LogP contribution is 2.24. The average Bonchev–Trinajstić information content (AvgIpc) is 3.26. The minimum Gasteiger partial charge on any atom is -0.468 e. The summed E-state index contributed by atoms with van der Waals surface area (Å²) in [5.74, 6) is 1.26. The van der Waals surface area contributed by atoms with E-state index < -0.39 is 0 Å². The fourth-order valence-corrected chi connectivity index (χ4v) is 2.82. The van der Waals surface area contributed by atoms with Gasteiger partial charge in [0.1, 0.15) is 5.76 Å². The van der Waals surface area contributed by atoms with Gasteiger partial charge in [-0.05, 0) is 38.1 Å². The van der Waals surface area contributed by atoms with Crippen LogP contribution in [0.2, 0.25) is 0 Å². The van der Waals surface area contributed by atoms with E-state index in [4.69, 9.17) is 4.42 Å². The average molecular weight is 315 g/mol. The van der Waals surface area contributed by atoms with Crippen LogP contribution in [0.5, 0.6) is 0 Å². The molecule has 1 aliphatic heterocycles. The number of carbonyl (C=O) groups is 1. The van der Waals surface area contributed by atoms with Crippen molar-refractivity contribution in [2.24, 2.45) is 0 Å². The third-order valence-corrected chi connectivity index (χ3v) is 3.91. The van der Waals surface area contributed by atoms with Crippen LogP contribution in [0.4, 0.5) is 5.82 Å². The lowest BCUT2D eigenvalue weighted by Gasteiger charge is -2.26. The third-order valence-electron chi connectivity index (χ3n) is 3.91. The van der Waals surface area contributed by atoms with E-state index in [2.05, 4.69) is 25.5 Å². The lowest BCUT2D eigenvalue weighted by molar-refractivity contribution is -0.115. The summed E-state index contributed by atoms with van der Waals surface area (Å²) in [4.78, 5) is 22.3. The van der Waals surface area contributed by atoms with E-state index in [-0.39, 0.29) is 18.5 Å². The van der Waals surface area contributed by atoms with Crippen LogP contribution < -0.4 is 10.6 Å². The summed E-state index contributed by atoms with van der Waals surface area (Å²) >= 11 is 0. The molecule has 1 saturated heterocycles. The number of likely N-dealkylation sites (tertiary alicyclic amines) is 1. The number of carbonyl (C=O) groups excluding carboxylic acids is 1. The predicted octanol–water partition coefficient (Wildman–Crippen LogP) is 1.43. The first-order chi connectivity index (χ1) is 11.3. The molecule has 122 valence electrons. The van der Waals surface area contributed by atoms with Crippen LogP contribution in [0.1, 0.15) is 24.6 Å². The largest absolute Gasteiger partial charge is 0.468 e. The normalized spacial score (nSPS) is 16.3. The number of furan rings is 1. The summed E-state index contributed by atoms with van der Waals surface area (Å²) < 4.78 is 5.56. The van der Waals surface area contributed by atoms with E-state index in [1.807, 2.05) is 12.1 Å². The van der Waals surface area contributed by atoms with Crippen LogP contribution in [0.3, 0.4) is 0 Å². The fraction of sp³-hybridized carbons (Fsp3) is 0.438. The Balaban J connectivity index is 1.50. The van der Waals surface area contributed by atoms with Crippen molar-refractivity contribution < 1.29 is 9.21 Å². The fourth-order valence-electron chi connectivity index (χ4n) is 2.82. The van der Waals surface area contributed by atoms with Crippen molar-refractivity contribution in [2.75, 3.05) is 31.5 Å². The molecule has 23 heavy (non-hydrogen) atoms. The lowest BCUT2D eigenvalue weighted by Crippen LogP contribution is -2.37. The number of rotatable bonds is 7. The summed E-state index contributed by atoms with van der Waals surface area (Å²) in [5, 5.41) is 5.92. The molecule has 1 fully saturated rings. The van der Waals surface area contributed by atoms with Gasteiger partial charge in [0, 0.05) is 18.9 Å². The number of amides is 1. The molecule has 0 aromatic carbocycles. The van der Waals surface area contributed by atoms with E-state index in [9.17, 15) is 4.79 Å². The Labute approximate surface area is 135 Å². The minimum atomic E-state index is -0.134. The van der Waals surface area contributed by atoms with Gasteiger partial charge in [0.2, 0.25) is 5.91 Å². The van der Waals surface area contributed by atoms with Gasteiger partial charge >= 0.3 is 0 Å². The van der Waals surface area contributed by atoms with Crippen molar-refractivity contribution in [3.05, 3.63) is 42.7 Å². The van der Waals surface area contributed by atoms with E-state index in [1.165, 1.54) is 19.0 Å². The monoisotopic (exact) mass is 315 g/mol. The van der Waals surface area contributed by atoms with Crippen LogP contribution in [0.25, 0.3) is 0 Å². The summed E-state index contributed by atoms with van der Waals surface area (Å²) in [6.07, 6.45) is 8.75. The standard InChI is InChI=1S/C16H21N5O2/c22-16(20-15-11-17-5-6-19-15)12-18-10-13(14-4-3-9-23-14)21-7-1-2-8-21/h3-6,9,11,13,18H,1-2,7-8,10,12H2,(H,19,20,22)/t13-/m1/s1. The number of hydrogen-bond acceptors (Lipinski definition) is 6. The molecule has 0 unspecified atom stereocenters. The van der Waals surface area contributed by atoms with E-state index in [0.29, 0.717) is 12.4 Å². The Kier molecular flexibility index (Phi) is 5.33. The number of aromatic nitrogens is 2. The van der Waals surface area contributed by atoms with Gasteiger partial charge in [0.15, 0.2) is 5.82 Å². The van der Waals surface area contributed by atoms with E-state index in [1.54, 1.807) is 18.7 Å². The molecule has 0 radical (unpaired) electrons. The quantitative estimate of drug-likeness (QED) is 0.804. The highest BCUT2D eigenvalue weighted by molar-refractivity contribution is 5.91. The van der Waals surface area contributed by atoms with Gasteiger partial charge in [-0.1, -0.05) is 0 Å². The lowest BCUT2D eigenvalue weighted by atomic mass is 10.2. The molecule has 3 rings (SSSR count). The van der Waals surface area contributed by atoms with Gasteiger partial charge in [-0.2, -0.15) is 0 Å². The van der Waals surface area contributed by atoms with Crippen molar-refractivity contribution in [3.63, 3.8) is 0 Å². The highest BCUT2D eigenvalue weighted by Gasteiger charge is 2.25. The zero-order valence-corrected chi connectivity index (χ0v) is 12.9. The summed E-state index contributed by atoms with van der Waals surface area (Å²) in [6.45, 7) is 3.03. The Morgan fingerprint density at radius 1 is 1.35 bits per heavy atom. The van der Waals surface area contributed by atoms with Crippen LogP contribution in [-0.2, 0) is 4.79 Å². The Bertz CT molecular complexity index is 596. The molecule has 0 spiro atoms. The van der Waals surface area contributed by atoms with Crippen molar-refractivity contribution in [3.8, 4) is 0 Å². The molecule has 2 N–H and O–H groups in total. The van der Waals surface area contributed by atoms with Crippen LogP contribution in [0.15, 0.2) is 41.4 Å². The SMILES string of the molecule is O=C(CNC[C@H](c1ccco1)N1CCCC1)Nc1cnccn1. The number of anilines is 1. The summed E-state index contributed by atoms with van der Waals surface area (Å²) in [6, 6.07) is 4.06. The maximum atomic E-state index is 11.9. The van der Waals surface area contributed by atoms with Gasteiger partial charge in [-0.3, -0.25) is 14.7 Å². The molecule has 0 aliphatic carbocycles. The molecular weight excluding hydrogens is 294 g/mol. The van der Waals surface area contributed by atoms with Crippen molar-refractivity contribution in [2.45, 2.75) is 18.9 Å². The van der Waals surface area contributed by atoms with Crippen LogP contribution in [0, 0.1) is 0 Å². The van der Waals surface area contributed by atoms with Crippen molar-refractivity contribution in [1.82, 2.24) is 20.2 Å². The molecule has 7 nitrogen and oxygen atoms in total. The highest BCUT2D eigenvalue weighted by atomic mass is 16.3. The molecule has 3 heterocycles. The minimum absolute atomic E-state index is 0.134. The maximum Gasteiger partial charge on any atom is 0.239 e. The van der Waals surface area contributed by atoms with Crippen molar-refractivity contribution in [1.29, 1.82) is 0 Å². The molecule has 2 aromatic heterocycles. The number of nitrogens with one attached hydrogen (secondary N) is 2. The predicted molar refractivity (Wildman–Crippen MR) is 85.8 cm³/mol. The van der Waals surface area contributed by atoms with Crippen LogP contribution in [-0.4, -0.2) is 47.0 Å². The zero-order chi connectivity index (χ0) is 15.9. The first kappa shape index (κ1) is 15.6. The Morgan fingerprint density at radius 2 is 2.22 bits per heavy atom. The van der Waals surface area contributed by atoms with E-state index >= 15 is 0 Å². The molecular formula is C16H21N5O2. The summed E-state index contributed by atoms with van der Waals surface area (Å²) in [5.41, 5.74) is 0. The van der Waals surface area contributed by atoms with Gasteiger partial charge in [-0.15, -0.1) is 0 Å². The van der Waals surface area contributed by atoms with Crippen molar-refractivity contribution >= 4 is 11.7 Å². The molecule has 7 heteroatoms. The molecule has 2 aromatic rings. The molecule has 1 atom stereocenters. The summed E-state index contributed by atoms with van der Waals surface area (Å²) in [7, 11) is 0. The number of nitrogens with zero attached hydrogens (tertiary/aromatic N) is 3. The molecule has 0 saturated carbocycles. The first-order valence-electron chi connectivity index (χ1n) is 7.87. The molecule has 0 bridgehead atoms. The molecule has 1 amide bonds. The first-order valence-corrected chi connectivity index (χ1v) is 7.87. The number of hydrogen-bond donors (Lipinski definition) is 2.